The molecule has 0 amide bonds. The van der Waals surface area contributed by atoms with Crippen LogP contribution in [0.4, 0.5) is 5.69 Å². The summed E-state index contributed by atoms with van der Waals surface area (Å²) in [6, 6.07) is 9.50. The Morgan fingerprint density at radius 1 is 1.41 bits per heavy atom. The normalized spacial score (nSPS) is 28.8. The number of anilines is 1. The van der Waals surface area contributed by atoms with E-state index in [2.05, 4.69) is 53.2 Å². The molecule has 2 unspecified atom stereocenters. The topological polar surface area (TPSA) is 15.3 Å². The Morgan fingerprint density at radius 2 is 2.29 bits per heavy atom. The van der Waals surface area contributed by atoms with Crippen LogP contribution in [-0.2, 0) is 0 Å². The molecule has 0 radical (unpaired) electrons. The smallest absolute Gasteiger partial charge is 0.0376 e. The Kier molecular flexibility index (Phi) is 3.30. The van der Waals surface area contributed by atoms with Crippen LogP contribution in [0, 0.1) is 0 Å². The number of nitrogens with one attached hydrogen (secondary N) is 1. The van der Waals surface area contributed by atoms with Crippen LogP contribution in [0.15, 0.2) is 24.3 Å². The first kappa shape index (κ1) is 11.4. The van der Waals surface area contributed by atoms with Crippen LogP contribution in [0.5, 0.6) is 0 Å². The van der Waals surface area contributed by atoms with Crippen LogP contribution in [-0.4, -0.2) is 42.1 Å². The average molecular weight is 248 g/mol. The van der Waals surface area contributed by atoms with Crippen molar-refractivity contribution in [3.05, 3.63) is 29.8 Å². The van der Waals surface area contributed by atoms with Gasteiger partial charge in [-0.2, -0.15) is 11.8 Å². The number of fused-ring (bicyclic) bond motifs is 1. The van der Waals surface area contributed by atoms with Gasteiger partial charge in [0, 0.05) is 48.8 Å². The second-order valence-electron chi connectivity index (χ2n) is 5.08. The molecule has 1 aromatic carbocycles. The molecule has 1 saturated heterocycles. The molecule has 2 aliphatic rings. The molecule has 1 fully saturated rings. The predicted octanol–water partition coefficient (Wildman–Crippen LogP) is 2.63. The zero-order valence-corrected chi connectivity index (χ0v) is 11.2. The van der Waals surface area contributed by atoms with Crippen molar-refractivity contribution in [1.82, 2.24) is 4.90 Å². The Hall–Kier alpha value is -0.670. The van der Waals surface area contributed by atoms with E-state index in [1.165, 1.54) is 35.8 Å². The van der Waals surface area contributed by atoms with Crippen molar-refractivity contribution in [2.45, 2.75) is 18.9 Å². The van der Waals surface area contributed by atoms with Crippen LogP contribution >= 0.6 is 11.8 Å². The highest BCUT2D eigenvalue weighted by Crippen LogP contribution is 2.32. The molecule has 2 heterocycles. The fraction of sp³-hybridized carbons (Fsp3) is 0.571. The Balaban J connectivity index is 1.70. The number of para-hydroxylation sites is 1. The van der Waals surface area contributed by atoms with E-state index >= 15 is 0 Å². The molecule has 3 heteroatoms. The van der Waals surface area contributed by atoms with E-state index in [1.807, 2.05) is 0 Å². The quantitative estimate of drug-likeness (QED) is 0.866. The fourth-order valence-electron chi connectivity index (χ4n) is 2.84. The van der Waals surface area contributed by atoms with Gasteiger partial charge in [0.2, 0.25) is 0 Å². The maximum absolute atomic E-state index is 3.52. The van der Waals surface area contributed by atoms with Crippen molar-refractivity contribution in [2.75, 3.05) is 36.5 Å². The molecular weight excluding hydrogens is 228 g/mol. The van der Waals surface area contributed by atoms with E-state index in [0.29, 0.717) is 5.92 Å². The minimum absolute atomic E-state index is 0.678. The van der Waals surface area contributed by atoms with Gasteiger partial charge >= 0.3 is 0 Å². The number of hydrogen-bond donors (Lipinski definition) is 1. The Labute approximate surface area is 108 Å². The lowest BCUT2D eigenvalue weighted by Crippen LogP contribution is -2.42. The summed E-state index contributed by atoms with van der Waals surface area (Å²) in [6.07, 6.45) is 0. The molecule has 0 spiro atoms. The van der Waals surface area contributed by atoms with Crippen molar-refractivity contribution < 1.29 is 0 Å². The van der Waals surface area contributed by atoms with Crippen LogP contribution in [0.1, 0.15) is 18.4 Å². The summed E-state index contributed by atoms with van der Waals surface area (Å²) in [5.41, 5.74) is 2.86. The summed E-state index contributed by atoms with van der Waals surface area (Å²) in [5.74, 6) is 3.27. The van der Waals surface area contributed by atoms with Gasteiger partial charge in [-0.15, -0.1) is 0 Å². The van der Waals surface area contributed by atoms with E-state index < -0.39 is 0 Å². The number of nitrogens with zero attached hydrogens (tertiary/aromatic N) is 1. The minimum atomic E-state index is 0.678. The van der Waals surface area contributed by atoms with Crippen LogP contribution in [0.2, 0.25) is 0 Å². The summed E-state index contributed by atoms with van der Waals surface area (Å²) in [5, 5.41) is 3.52. The summed E-state index contributed by atoms with van der Waals surface area (Å²) < 4.78 is 0. The lowest BCUT2D eigenvalue weighted by molar-refractivity contribution is 0.221. The van der Waals surface area contributed by atoms with Gasteiger partial charge in [-0.25, -0.2) is 0 Å². The van der Waals surface area contributed by atoms with Gasteiger partial charge in [-0.1, -0.05) is 18.2 Å². The molecule has 0 aliphatic carbocycles. The summed E-state index contributed by atoms with van der Waals surface area (Å²) in [7, 11) is 0. The molecule has 92 valence electrons. The van der Waals surface area contributed by atoms with Gasteiger partial charge in [0.15, 0.2) is 0 Å². The molecule has 0 aromatic heterocycles. The largest absolute Gasteiger partial charge is 0.384 e. The molecule has 2 aliphatic heterocycles. The zero-order chi connectivity index (χ0) is 11.7. The Morgan fingerprint density at radius 3 is 3.18 bits per heavy atom. The van der Waals surface area contributed by atoms with Crippen molar-refractivity contribution in [3.8, 4) is 0 Å². The van der Waals surface area contributed by atoms with Crippen molar-refractivity contribution in [2.24, 2.45) is 0 Å². The third-order valence-electron chi connectivity index (χ3n) is 3.90. The third kappa shape index (κ3) is 2.31. The number of thioether (sulfide) groups is 1. The minimum Gasteiger partial charge on any atom is -0.384 e. The monoisotopic (exact) mass is 248 g/mol. The van der Waals surface area contributed by atoms with E-state index in [9.17, 15) is 0 Å². The van der Waals surface area contributed by atoms with Gasteiger partial charge in [-0.05, 0) is 18.6 Å². The molecule has 1 N–H and O–H groups in total. The highest BCUT2D eigenvalue weighted by Gasteiger charge is 2.27. The third-order valence-corrected chi connectivity index (χ3v) is 5.09. The van der Waals surface area contributed by atoms with Gasteiger partial charge in [0.1, 0.15) is 0 Å². The summed E-state index contributed by atoms with van der Waals surface area (Å²) in [6.45, 7) is 5.94. The predicted molar refractivity (Wildman–Crippen MR) is 76.0 cm³/mol. The zero-order valence-electron chi connectivity index (χ0n) is 10.4. The van der Waals surface area contributed by atoms with Gasteiger partial charge < -0.3 is 5.32 Å². The number of benzene rings is 1. The Bertz CT molecular complexity index is 394. The standard InChI is InChI=1S/C14H20N2S/c1-11-10-17-7-6-16(11)9-12-8-15-14-5-3-2-4-13(12)14/h2-5,11-12,15H,6-10H2,1H3. The first-order chi connectivity index (χ1) is 8.34. The van der Waals surface area contributed by atoms with E-state index in [0.717, 1.165) is 12.6 Å². The second kappa shape index (κ2) is 4.91. The fourth-order valence-corrected chi connectivity index (χ4v) is 3.92. The lowest BCUT2D eigenvalue weighted by Gasteiger charge is -2.34. The van der Waals surface area contributed by atoms with Crippen LogP contribution in [0.25, 0.3) is 0 Å². The van der Waals surface area contributed by atoms with E-state index in [4.69, 9.17) is 0 Å². The van der Waals surface area contributed by atoms with E-state index in [-0.39, 0.29) is 0 Å². The number of hydrogen-bond acceptors (Lipinski definition) is 3. The maximum Gasteiger partial charge on any atom is 0.0376 e. The SMILES string of the molecule is CC1CSCCN1CC1CNc2ccccc21. The molecule has 2 atom stereocenters. The number of rotatable bonds is 2. The van der Waals surface area contributed by atoms with E-state index in [1.54, 1.807) is 0 Å². The molecule has 2 nitrogen and oxygen atoms in total. The lowest BCUT2D eigenvalue weighted by atomic mass is 10.0. The van der Waals surface area contributed by atoms with Crippen molar-refractivity contribution in [3.63, 3.8) is 0 Å². The molecule has 3 rings (SSSR count). The first-order valence-corrected chi connectivity index (χ1v) is 7.64. The summed E-state index contributed by atoms with van der Waals surface area (Å²) >= 11 is 2.09. The van der Waals surface area contributed by atoms with Crippen molar-refractivity contribution >= 4 is 17.4 Å². The molecule has 0 saturated carbocycles. The molecule has 1 aromatic rings. The molecular formula is C14H20N2S. The highest BCUT2D eigenvalue weighted by atomic mass is 32.2. The molecule has 0 bridgehead atoms. The summed E-state index contributed by atoms with van der Waals surface area (Å²) in [4.78, 5) is 2.66. The van der Waals surface area contributed by atoms with Crippen LogP contribution < -0.4 is 5.32 Å². The van der Waals surface area contributed by atoms with Gasteiger partial charge in [-0.3, -0.25) is 4.90 Å². The highest BCUT2D eigenvalue weighted by molar-refractivity contribution is 7.99. The van der Waals surface area contributed by atoms with Gasteiger partial charge in [0.25, 0.3) is 0 Å². The maximum atomic E-state index is 3.52. The van der Waals surface area contributed by atoms with Crippen LogP contribution in [0.3, 0.4) is 0 Å². The second-order valence-corrected chi connectivity index (χ2v) is 6.23. The molecule has 17 heavy (non-hydrogen) atoms. The first-order valence-electron chi connectivity index (χ1n) is 6.49. The average Bonchev–Trinajstić information content (AvgIpc) is 2.76. The van der Waals surface area contributed by atoms with Crippen molar-refractivity contribution in [1.29, 1.82) is 0 Å². The van der Waals surface area contributed by atoms with Gasteiger partial charge in [0.05, 0.1) is 0 Å².